The van der Waals surface area contributed by atoms with Crippen molar-refractivity contribution in [3.8, 4) is 0 Å². The third-order valence-corrected chi connectivity index (χ3v) is 2.57. The van der Waals surface area contributed by atoms with Gasteiger partial charge in [0.1, 0.15) is 12.7 Å². The molecule has 1 aliphatic rings. The smallest absolute Gasteiger partial charge is 0.306 e. The maximum Gasteiger partial charge on any atom is 0.306 e. The van der Waals surface area contributed by atoms with E-state index in [2.05, 4.69) is 5.32 Å². The van der Waals surface area contributed by atoms with E-state index in [1.165, 1.54) is 0 Å². The number of hydrogen-bond donors (Lipinski definition) is 2. The number of aliphatic hydroxyl groups excluding tert-OH is 1. The lowest BCUT2D eigenvalue weighted by Crippen LogP contribution is -2.30. The maximum atomic E-state index is 10.8. The van der Waals surface area contributed by atoms with Gasteiger partial charge in [0.25, 0.3) is 0 Å². The van der Waals surface area contributed by atoms with Crippen molar-refractivity contribution in [3.05, 3.63) is 0 Å². The molecule has 0 aromatic carbocycles. The third-order valence-electron chi connectivity index (χ3n) is 2.57. The number of ether oxygens (including phenoxy) is 3. The lowest BCUT2D eigenvalue weighted by atomic mass is 10.2. The Hall–Kier alpha value is -1.18. The molecular formula is C17H37NO6. The Kier molecular flexibility index (Phi) is 19.2. The molecule has 0 aromatic heterocycles. The van der Waals surface area contributed by atoms with Gasteiger partial charge in [0, 0.05) is 13.0 Å². The number of amides is 1. The number of aliphatic hydroxyl groups is 1. The fourth-order valence-electron chi connectivity index (χ4n) is 1.49. The van der Waals surface area contributed by atoms with E-state index in [-0.39, 0.29) is 58.3 Å². The normalized spacial score (nSPS) is 15.8. The Morgan fingerprint density at radius 2 is 1.83 bits per heavy atom. The molecular weight excluding hydrogens is 314 g/mol. The van der Waals surface area contributed by atoms with Gasteiger partial charge in [-0.1, -0.05) is 14.9 Å². The summed E-state index contributed by atoms with van der Waals surface area (Å²) in [5.74, 6) is -0.282. The summed E-state index contributed by atoms with van der Waals surface area (Å²) in [7, 11) is 0. The van der Waals surface area contributed by atoms with E-state index in [0.717, 1.165) is 6.42 Å². The highest BCUT2D eigenvalue weighted by Crippen LogP contribution is 2.14. The lowest BCUT2D eigenvalue weighted by Gasteiger charge is -2.11. The van der Waals surface area contributed by atoms with Crippen LogP contribution in [0.5, 0.6) is 0 Å². The van der Waals surface area contributed by atoms with Crippen LogP contribution in [0.1, 0.15) is 55.4 Å². The van der Waals surface area contributed by atoms with E-state index in [9.17, 15) is 9.59 Å². The molecule has 1 fully saturated rings. The van der Waals surface area contributed by atoms with Crippen molar-refractivity contribution >= 4 is 11.9 Å². The fraction of sp³-hybridized carbons (Fsp3) is 0.882. The first kappa shape index (κ1) is 27.7. The van der Waals surface area contributed by atoms with Crippen molar-refractivity contribution in [1.82, 2.24) is 5.32 Å². The van der Waals surface area contributed by atoms with E-state index in [4.69, 9.17) is 19.3 Å². The van der Waals surface area contributed by atoms with Gasteiger partial charge in [-0.3, -0.25) is 9.59 Å². The Morgan fingerprint density at radius 1 is 1.25 bits per heavy atom. The van der Waals surface area contributed by atoms with Gasteiger partial charge in [-0.25, -0.2) is 0 Å². The zero-order chi connectivity index (χ0) is 17.0. The standard InChI is InChI=1S/C8H14O3.C7H15NO3.2CH4/c1-6(2)10-5-7-3-4-8(9)11-7;1-6(2)11-5-7(10)8-3-4-9;;/h6-7H,3-5H2,1-2H3;6,9H,3-5H2,1-2H3,(H,8,10);2*1H4. The molecule has 1 rings (SSSR count). The number of rotatable bonds is 8. The number of nitrogens with one attached hydrogen (secondary N) is 1. The fourth-order valence-corrected chi connectivity index (χ4v) is 1.49. The summed E-state index contributed by atoms with van der Waals surface area (Å²) in [5, 5.41) is 10.8. The van der Waals surface area contributed by atoms with Crippen LogP contribution in [0.2, 0.25) is 0 Å². The molecule has 1 atom stereocenters. The van der Waals surface area contributed by atoms with Crippen LogP contribution in [0.4, 0.5) is 0 Å². The monoisotopic (exact) mass is 351 g/mol. The minimum absolute atomic E-state index is 0. The second kappa shape index (κ2) is 16.7. The molecule has 0 saturated carbocycles. The summed E-state index contributed by atoms with van der Waals surface area (Å²) in [6.45, 7) is 8.53. The van der Waals surface area contributed by atoms with E-state index in [0.29, 0.717) is 19.6 Å². The second-order valence-corrected chi connectivity index (χ2v) is 5.47. The minimum atomic E-state index is -0.187. The molecule has 7 nitrogen and oxygen atoms in total. The van der Waals surface area contributed by atoms with Crippen LogP contribution in [0, 0.1) is 0 Å². The van der Waals surface area contributed by atoms with E-state index < -0.39 is 0 Å². The van der Waals surface area contributed by atoms with Crippen LogP contribution in [-0.2, 0) is 23.8 Å². The predicted octanol–water partition coefficient (Wildman–Crippen LogP) is 1.91. The van der Waals surface area contributed by atoms with Crippen LogP contribution in [0.25, 0.3) is 0 Å². The molecule has 1 amide bonds. The van der Waals surface area contributed by atoms with Gasteiger partial charge in [-0.15, -0.1) is 0 Å². The van der Waals surface area contributed by atoms with Crippen LogP contribution in [-0.4, -0.2) is 61.7 Å². The predicted molar refractivity (Wildman–Crippen MR) is 94.8 cm³/mol. The topological polar surface area (TPSA) is 94.1 Å². The maximum absolute atomic E-state index is 10.8. The highest BCUT2D eigenvalue weighted by Gasteiger charge is 2.23. The van der Waals surface area contributed by atoms with E-state index in [1.807, 2.05) is 27.7 Å². The van der Waals surface area contributed by atoms with E-state index in [1.54, 1.807) is 0 Å². The molecule has 1 heterocycles. The van der Waals surface area contributed by atoms with Gasteiger partial charge in [-0.05, 0) is 34.1 Å². The molecule has 2 N–H and O–H groups in total. The summed E-state index contributed by atoms with van der Waals surface area (Å²) < 4.78 is 15.3. The Labute approximate surface area is 147 Å². The van der Waals surface area contributed by atoms with Crippen molar-refractivity contribution in [2.45, 2.75) is 73.7 Å². The molecule has 146 valence electrons. The Bertz CT molecular complexity index is 320. The van der Waals surface area contributed by atoms with Gasteiger partial charge in [0.15, 0.2) is 0 Å². The number of esters is 1. The third kappa shape index (κ3) is 17.2. The Balaban J connectivity index is -0.000000339. The average molecular weight is 351 g/mol. The zero-order valence-corrected chi connectivity index (χ0v) is 14.0. The number of carbonyl (C=O) groups excluding carboxylic acids is 2. The molecule has 0 radical (unpaired) electrons. The van der Waals surface area contributed by atoms with Gasteiger partial charge in [0.05, 0.1) is 25.4 Å². The van der Waals surface area contributed by atoms with Crippen molar-refractivity contribution in [1.29, 1.82) is 0 Å². The summed E-state index contributed by atoms with van der Waals surface area (Å²) in [4.78, 5) is 21.4. The van der Waals surface area contributed by atoms with Crippen LogP contribution in [0.3, 0.4) is 0 Å². The molecule has 0 aliphatic carbocycles. The minimum Gasteiger partial charge on any atom is -0.460 e. The van der Waals surface area contributed by atoms with Gasteiger partial charge in [-0.2, -0.15) is 0 Å². The molecule has 1 aliphatic heterocycles. The molecule has 7 heteroatoms. The number of carbonyl (C=O) groups is 2. The SMILES string of the molecule is C.C.CC(C)OCC(=O)NCCO.CC(C)OCC1CCC(=O)O1. The Morgan fingerprint density at radius 3 is 2.25 bits per heavy atom. The first-order valence-electron chi connectivity index (χ1n) is 7.65. The first-order chi connectivity index (χ1) is 10.3. The number of cyclic esters (lactones) is 1. The largest absolute Gasteiger partial charge is 0.460 e. The molecule has 24 heavy (non-hydrogen) atoms. The van der Waals surface area contributed by atoms with E-state index >= 15 is 0 Å². The van der Waals surface area contributed by atoms with Gasteiger partial charge in [0.2, 0.25) is 5.91 Å². The van der Waals surface area contributed by atoms with Crippen molar-refractivity contribution in [2.75, 3.05) is 26.4 Å². The summed E-state index contributed by atoms with van der Waals surface area (Å²) in [6, 6.07) is 0. The molecule has 0 bridgehead atoms. The second-order valence-electron chi connectivity index (χ2n) is 5.47. The van der Waals surface area contributed by atoms with Gasteiger partial charge < -0.3 is 24.6 Å². The van der Waals surface area contributed by atoms with Crippen LogP contribution >= 0.6 is 0 Å². The highest BCUT2D eigenvalue weighted by molar-refractivity contribution is 5.77. The van der Waals surface area contributed by atoms with Gasteiger partial charge >= 0.3 is 5.97 Å². The molecule has 0 spiro atoms. The summed E-state index contributed by atoms with van der Waals surface area (Å²) in [6.07, 6.45) is 1.64. The first-order valence-corrected chi connectivity index (χ1v) is 7.65. The molecule has 1 saturated heterocycles. The molecule has 1 unspecified atom stereocenters. The summed E-state index contributed by atoms with van der Waals surface area (Å²) in [5.41, 5.74) is 0. The quantitative estimate of drug-likeness (QED) is 0.649. The van der Waals surface area contributed by atoms with Crippen molar-refractivity contribution in [3.63, 3.8) is 0 Å². The van der Waals surface area contributed by atoms with Crippen LogP contribution in [0.15, 0.2) is 0 Å². The zero-order valence-electron chi connectivity index (χ0n) is 14.0. The molecule has 0 aromatic rings. The highest BCUT2D eigenvalue weighted by atomic mass is 16.6. The van der Waals surface area contributed by atoms with Crippen LogP contribution < -0.4 is 5.32 Å². The van der Waals surface area contributed by atoms with Crippen molar-refractivity contribution < 1.29 is 28.9 Å². The number of hydrogen-bond acceptors (Lipinski definition) is 6. The summed E-state index contributed by atoms with van der Waals surface area (Å²) >= 11 is 0. The average Bonchev–Trinajstić information content (AvgIpc) is 2.87. The lowest BCUT2D eigenvalue weighted by molar-refractivity contribution is -0.144. The van der Waals surface area contributed by atoms with Crippen molar-refractivity contribution in [2.24, 2.45) is 0 Å².